The molecule has 1 amide bonds. The smallest absolute Gasteiger partial charge is 0.320 e. The van der Waals surface area contributed by atoms with Gasteiger partial charge >= 0.3 is 5.97 Å². The van der Waals surface area contributed by atoms with Crippen LogP contribution in [0.5, 0.6) is 0 Å². The maximum Gasteiger partial charge on any atom is 0.320 e. The van der Waals surface area contributed by atoms with Crippen molar-refractivity contribution >= 4 is 64.0 Å². The first kappa shape index (κ1) is 20.3. The van der Waals surface area contributed by atoms with Crippen molar-refractivity contribution in [3.05, 3.63) is 26.2 Å². The number of carbonyl (C=O) groups is 2. The van der Waals surface area contributed by atoms with E-state index in [4.69, 9.17) is 51.1 Å². The van der Waals surface area contributed by atoms with Crippen LogP contribution in [-0.2, 0) is 14.3 Å². The highest BCUT2D eigenvalue weighted by Crippen LogP contribution is 2.40. The molecule has 1 N–H and O–H groups in total. The van der Waals surface area contributed by atoms with Crippen molar-refractivity contribution in [2.24, 2.45) is 0 Å². The molecule has 0 aliphatic carbocycles. The maximum absolute atomic E-state index is 12.1. The lowest BCUT2D eigenvalue weighted by atomic mass is 10.3. The van der Waals surface area contributed by atoms with Gasteiger partial charge in [0.1, 0.15) is 0 Å². The molecule has 0 saturated heterocycles. The molecule has 0 aromatic heterocycles. The molecule has 0 aliphatic rings. The van der Waals surface area contributed by atoms with Crippen molar-refractivity contribution in [3.8, 4) is 0 Å². The lowest BCUT2D eigenvalue weighted by Gasteiger charge is -2.19. The highest BCUT2D eigenvalue weighted by atomic mass is 35.5. The average Bonchev–Trinajstić information content (AvgIpc) is 2.49. The standard InChI is InChI=1S/C14H16Cl4N2O3/c1-3-20(7-11(22)23-4-2)6-10(21)19-14-12(17)8(15)5-9(16)13(14)18/h5H,3-4,6-7H2,1-2H3,(H,19,21). The number of hydrogen-bond acceptors (Lipinski definition) is 4. The van der Waals surface area contributed by atoms with E-state index in [2.05, 4.69) is 5.32 Å². The van der Waals surface area contributed by atoms with Gasteiger partial charge < -0.3 is 10.1 Å². The van der Waals surface area contributed by atoms with E-state index in [1.165, 1.54) is 6.07 Å². The summed E-state index contributed by atoms with van der Waals surface area (Å²) >= 11 is 23.9. The Morgan fingerprint density at radius 3 is 2.13 bits per heavy atom. The lowest BCUT2D eigenvalue weighted by Crippen LogP contribution is -2.37. The van der Waals surface area contributed by atoms with E-state index in [1.54, 1.807) is 11.8 Å². The molecular weight excluding hydrogens is 386 g/mol. The number of benzene rings is 1. The Hall–Kier alpha value is -0.720. The second-order valence-electron chi connectivity index (χ2n) is 4.50. The Bertz CT molecular complexity index is 570. The first-order valence-corrected chi connectivity index (χ1v) is 8.32. The number of likely N-dealkylation sites (N-methyl/N-ethyl adjacent to an activating group) is 1. The van der Waals surface area contributed by atoms with Crippen LogP contribution in [0.4, 0.5) is 5.69 Å². The van der Waals surface area contributed by atoms with Gasteiger partial charge in [-0.05, 0) is 19.5 Å². The molecule has 0 unspecified atom stereocenters. The van der Waals surface area contributed by atoms with E-state index >= 15 is 0 Å². The number of esters is 1. The molecule has 1 rings (SSSR count). The molecule has 0 heterocycles. The zero-order chi connectivity index (χ0) is 17.6. The molecule has 0 atom stereocenters. The van der Waals surface area contributed by atoms with Crippen LogP contribution in [0.2, 0.25) is 20.1 Å². The first-order chi connectivity index (χ1) is 10.8. The fourth-order valence-corrected chi connectivity index (χ4v) is 2.64. The normalized spacial score (nSPS) is 10.7. The summed E-state index contributed by atoms with van der Waals surface area (Å²) in [5.41, 5.74) is 0.142. The van der Waals surface area contributed by atoms with Crippen LogP contribution < -0.4 is 5.32 Å². The van der Waals surface area contributed by atoms with Crippen molar-refractivity contribution in [2.75, 3.05) is 31.6 Å². The summed E-state index contributed by atoms with van der Waals surface area (Å²) in [5.74, 6) is -0.803. The molecule has 1 aromatic rings. The van der Waals surface area contributed by atoms with Gasteiger partial charge in [-0.1, -0.05) is 53.3 Å². The monoisotopic (exact) mass is 400 g/mol. The number of carbonyl (C=O) groups excluding carboxylic acids is 2. The summed E-state index contributed by atoms with van der Waals surface area (Å²) in [7, 11) is 0. The number of halogens is 4. The third kappa shape index (κ3) is 6.01. The highest BCUT2D eigenvalue weighted by molar-refractivity contribution is 6.50. The molecule has 128 valence electrons. The number of anilines is 1. The van der Waals surface area contributed by atoms with Gasteiger partial charge in [0.2, 0.25) is 5.91 Å². The predicted octanol–water partition coefficient (Wildman–Crippen LogP) is 4.12. The zero-order valence-corrected chi connectivity index (χ0v) is 15.6. The number of hydrogen-bond donors (Lipinski definition) is 1. The third-order valence-corrected chi connectivity index (χ3v) is 4.42. The summed E-state index contributed by atoms with van der Waals surface area (Å²) in [6.45, 7) is 4.29. The number of nitrogens with zero attached hydrogens (tertiary/aromatic N) is 1. The van der Waals surface area contributed by atoms with E-state index in [1.807, 2.05) is 6.92 Å². The van der Waals surface area contributed by atoms with Crippen LogP contribution >= 0.6 is 46.4 Å². The Balaban J connectivity index is 2.78. The summed E-state index contributed by atoms with van der Waals surface area (Å²) in [6, 6.07) is 1.39. The van der Waals surface area contributed by atoms with Gasteiger partial charge in [-0.2, -0.15) is 0 Å². The molecule has 0 fully saturated rings. The largest absolute Gasteiger partial charge is 0.465 e. The fourth-order valence-electron chi connectivity index (χ4n) is 1.73. The van der Waals surface area contributed by atoms with Gasteiger partial charge in [0.25, 0.3) is 0 Å². The summed E-state index contributed by atoms with van der Waals surface area (Å²) in [4.78, 5) is 25.2. The van der Waals surface area contributed by atoms with Crippen LogP contribution in [0.1, 0.15) is 13.8 Å². The molecule has 0 aliphatic heterocycles. The molecule has 0 saturated carbocycles. The van der Waals surface area contributed by atoms with Crippen molar-refractivity contribution in [1.29, 1.82) is 0 Å². The van der Waals surface area contributed by atoms with E-state index in [0.29, 0.717) is 6.54 Å². The summed E-state index contributed by atoms with van der Waals surface area (Å²) < 4.78 is 4.85. The molecule has 5 nitrogen and oxygen atoms in total. The van der Waals surface area contributed by atoms with E-state index in [0.717, 1.165) is 0 Å². The highest BCUT2D eigenvalue weighted by Gasteiger charge is 2.18. The lowest BCUT2D eigenvalue weighted by molar-refractivity contribution is -0.144. The summed E-state index contributed by atoms with van der Waals surface area (Å²) in [5, 5.41) is 3.12. The predicted molar refractivity (Wildman–Crippen MR) is 93.9 cm³/mol. The second kappa shape index (κ2) is 9.55. The van der Waals surface area contributed by atoms with Gasteiger partial charge in [-0.3, -0.25) is 14.5 Å². The minimum absolute atomic E-state index is 0.00945. The molecule has 9 heteroatoms. The number of amides is 1. The summed E-state index contributed by atoms with van der Waals surface area (Å²) in [6.07, 6.45) is 0. The van der Waals surface area contributed by atoms with Crippen molar-refractivity contribution in [3.63, 3.8) is 0 Å². The van der Waals surface area contributed by atoms with Gasteiger partial charge in [0.15, 0.2) is 0 Å². The Morgan fingerprint density at radius 1 is 1.09 bits per heavy atom. The molecule has 0 bridgehead atoms. The Morgan fingerprint density at radius 2 is 1.65 bits per heavy atom. The average molecular weight is 402 g/mol. The molecule has 23 heavy (non-hydrogen) atoms. The SMILES string of the molecule is CCOC(=O)CN(CC)CC(=O)Nc1c(Cl)c(Cl)cc(Cl)c1Cl. The van der Waals surface area contributed by atoms with Gasteiger partial charge in [-0.15, -0.1) is 0 Å². The molecule has 0 radical (unpaired) electrons. The van der Waals surface area contributed by atoms with Crippen LogP contribution in [0, 0.1) is 0 Å². The van der Waals surface area contributed by atoms with Crippen molar-refractivity contribution < 1.29 is 14.3 Å². The van der Waals surface area contributed by atoms with E-state index in [9.17, 15) is 9.59 Å². The fraction of sp³-hybridized carbons (Fsp3) is 0.429. The van der Waals surface area contributed by atoms with Gasteiger partial charge in [-0.25, -0.2) is 0 Å². The maximum atomic E-state index is 12.1. The minimum Gasteiger partial charge on any atom is -0.465 e. The molecule has 1 aromatic carbocycles. The Kier molecular flexibility index (Phi) is 8.44. The number of nitrogens with one attached hydrogen (secondary N) is 1. The minimum atomic E-state index is -0.404. The van der Waals surface area contributed by atoms with Gasteiger partial charge in [0, 0.05) is 0 Å². The number of ether oxygens (including phenoxy) is 1. The Labute approximate surface area is 154 Å². The van der Waals surface area contributed by atoms with Gasteiger partial charge in [0.05, 0.1) is 45.5 Å². The van der Waals surface area contributed by atoms with E-state index in [-0.39, 0.29) is 45.5 Å². The molecular formula is C14H16Cl4N2O3. The van der Waals surface area contributed by atoms with E-state index < -0.39 is 11.9 Å². The number of rotatable bonds is 7. The zero-order valence-electron chi connectivity index (χ0n) is 12.6. The van der Waals surface area contributed by atoms with Crippen LogP contribution in [0.25, 0.3) is 0 Å². The van der Waals surface area contributed by atoms with Crippen molar-refractivity contribution in [2.45, 2.75) is 13.8 Å². The quantitative estimate of drug-likeness (QED) is 0.551. The first-order valence-electron chi connectivity index (χ1n) is 6.80. The third-order valence-electron chi connectivity index (χ3n) is 2.85. The molecule has 0 spiro atoms. The second-order valence-corrected chi connectivity index (χ2v) is 6.07. The van der Waals surface area contributed by atoms with Crippen LogP contribution in [0.3, 0.4) is 0 Å². The van der Waals surface area contributed by atoms with Crippen molar-refractivity contribution in [1.82, 2.24) is 4.90 Å². The van der Waals surface area contributed by atoms with Crippen LogP contribution in [0.15, 0.2) is 6.07 Å². The topological polar surface area (TPSA) is 58.6 Å². The van der Waals surface area contributed by atoms with Crippen LogP contribution in [-0.4, -0.2) is 43.0 Å².